The van der Waals surface area contributed by atoms with Crippen molar-refractivity contribution < 1.29 is 4.79 Å². The zero-order valence-electron chi connectivity index (χ0n) is 12.0. The normalized spacial score (nSPS) is 15.4. The van der Waals surface area contributed by atoms with E-state index in [1.807, 2.05) is 30.3 Å². The van der Waals surface area contributed by atoms with E-state index < -0.39 is 0 Å². The Bertz CT molecular complexity index is 754. The van der Waals surface area contributed by atoms with Crippen LogP contribution in [0.25, 0.3) is 17.2 Å². The maximum atomic E-state index is 11.3. The molecular weight excluding hydrogens is 258 g/mol. The Kier molecular flexibility index (Phi) is 3.44. The van der Waals surface area contributed by atoms with E-state index in [0.29, 0.717) is 0 Å². The first-order valence-corrected chi connectivity index (χ1v) is 7.02. The van der Waals surface area contributed by atoms with Crippen LogP contribution in [0.2, 0.25) is 0 Å². The van der Waals surface area contributed by atoms with Gasteiger partial charge in [-0.3, -0.25) is 4.79 Å². The number of nitrogens with two attached hydrogens (primary N) is 1. The van der Waals surface area contributed by atoms with Gasteiger partial charge in [-0.1, -0.05) is 54.6 Å². The van der Waals surface area contributed by atoms with E-state index in [4.69, 9.17) is 5.73 Å². The summed E-state index contributed by atoms with van der Waals surface area (Å²) in [5.74, 6) is -0.292. The topological polar surface area (TPSA) is 43.1 Å². The van der Waals surface area contributed by atoms with Crippen LogP contribution < -0.4 is 5.73 Å². The summed E-state index contributed by atoms with van der Waals surface area (Å²) in [7, 11) is 0. The molecular formula is C19H17NO. The van der Waals surface area contributed by atoms with Crippen LogP contribution in [-0.2, 0) is 4.79 Å². The molecule has 0 heterocycles. The van der Waals surface area contributed by atoms with Gasteiger partial charge >= 0.3 is 0 Å². The molecule has 104 valence electrons. The summed E-state index contributed by atoms with van der Waals surface area (Å²) >= 11 is 0. The van der Waals surface area contributed by atoms with Gasteiger partial charge in [0.15, 0.2) is 0 Å². The van der Waals surface area contributed by atoms with Gasteiger partial charge in [0.25, 0.3) is 0 Å². The number of carbonyl (C=O) groups excluding carboxylic acids is 1. The van der Waals surface area contributed by atoms with Gasteiger partial charge in [-0.25, -0.2) is 0 Å². The molecule has 2 heteroatoms. The maximum Gasteiger partial charge on any atom is 0.221 e. The Hall–Kier alpha value is -2.61. The molecule has 2 N–H and O–H groups in total. The van der Waals surface area contributed by atoms with Crippen LogP contribution in [0.4, 0.5) is 0 Å². The van der Waals surface area contributed by atoms with Crippen molar-refractivity contribution in [3.8, 4) is 0 Å². The number of amides is 1. The zero-order valence-corrected chi connectivity index (χ0v) is 12.0. The Morgan fingerprint density at radius 2 is 1.62 bits per heavy atom. The molecule has 0 bridgehead atoms. The van der Waals surface area contributed by atoms with E-state index in [1.165, 1.54) is 11.1 Å². The molecule has 0 saturated heterocycles. The highest BCUT2D eigenvalue weighted by Crippen LogP contribution is 2.43. The van der Waals surface area contributed by atoms with Crippen LogP contribution >= 0.6 is 0 Å². The molecule has 0 radical (unpaired) electrons. The van der Waals surface area contributed by atoms with Crippen molar-refractivity contribution >= 4 is 23.1 Å². The Morgan fingerprint density at radius 3 is 2.29 bits per heavy atom. The Morgan fingerprint density at radius 1 is 1.00 bits per heavy atom. The van der Waals surface area contributed by atoms with E-state index in [9.17, 15) is 4.79 Å². The van der Waals surface area contributed by atoms with Gasteiger partial charge in [-0.2, -0.15) is 0 Å². The van der Waals surface area contributed by atoms with Crippen molar-refractivity contribution in [2.45, 2.75) is 13.3 Å². The molecule has 0 atom stereocenters. The predicted molar refractivity (Wildman–Crippen MR) is 87.2 cm³/mol. The molecule has 0 spiro atoms. The third-order valence-electron chi connectivity index (χ3n) is 3.86. The molecule has 1 aliphatic carbocycles. The fourth-order valence-corrected chi connectivity index (χ4v) is 2.85. The molecule has 21 heavy (non-hydrogen) atoms. The number of rotatable bonds is 3. The van der Waals surface area contributed by atoms with E-state index in [-0.39, 0.29) is 12.3 Å². The average molecular weight is 275 g/mol. The van der Waals surface area contributed by atoms with Gasteiger partial charge < -0.3 is 5.73 Å². The van der Waals surface area contributed by atoms with Crippen LogP contribution in [-0.4, -0.2) is 5.91 Å². The van der Waals surface area contributed by atoms with Crippen molar-refractivity contribution in [1.82, 2.24) is 0 Å². The molecule has 2 aromatic rings. The van der Waals surface area contributed by atoms with Gasteiger partial charge in [0.1, 0.15) is 0 Å². The fourth-order valence-electron chi connectivity index (χ4n) is 2.85. The molecule has 1 amide bonds. The lowest BCUT2D eigenvalue weighted by atomic mass is 10.0. The first-order chi connectivity index (χ1) is 10.2. The highest BCUT2D eigenvalue weighted by atomic mass is 16.1. The van der Waals surface area contributed by atoms with Crippen molar-refractivity contribution in [3.63, 3.8) is 0 Å². The fraction of sp³-hybridized carbons (Fsp3) is 0.105. The number of carbonyl (C=O) groups is 1. The molecule has 0 saturated carbocycles. The molecule has 0 aromatic heterocycles. The zero-order chi connectivity index (χ0) is 14.8. The largest absolute Gasteiger partial charge is 0.369 e. The summed E-state index contributed by atoms with van der Waals surface area (Å²) in [6.07, 6.45) is 2.46. The lowest BCUT2D eigenvalue weighted by Crippen LogP contribution is -2.10. The predicted octanol–water partition coefficient (Wildman–Crippen LogP) is 3.89. The number of benzene rings is 2. The highest BCUT2D eigenvalue weighted by molar-refractivity contribution is 6.07. The lowest BCUT2D eigenvalue weighted by molar-refractivity contribution is -0.117. The molecule has 0 unspecified atom stereocenters. The van der Waals surface area contributed by atoms with Gasteiger partial charge in [-0.15, -0.1) is 0 Å². The number of hydrogen-bond acceptors (Lipinski definition) is 1. The van der Waals surface area contributed by atoms with Crippen molar-refractivity contribution in [3.05, 3.63) is 76.9 Å². The summed E-state index contributed by atoms with van der Waals surface area (Å²) in [5.41, 5.74) is 12.2. The third kappa shape index (κ3) is 2.52. The standard InChI is InChI=1S/C19H17NO/c1-13-17(11-14-7-3-2-4-8-14)15-9-5-6-10-16(15)18(13)12-19(20)21/h2-11H,12H2,1H3,(H2,20,21). The van der Waals surface area contributed by atoms with Crippen LogP contribution in [0.5, 0.6) is 0 Å². The van der Waals surface area contributed by atoms with Crippen molar-refractivity contribution in [2.75, 3.05) is 0 Å². The SMILES string of the molecule is CC1=C(CC(N)=O)c2ccccc2C1=Cc1ccccc1. The van der Waals surface area contributed by atoms with Gasteiger partial charge in [0, 0.05) is 0 Å². The number of allylic oxidation sites excluding steroid dienone is 2. The number of primary amides is 1. The molecule has 1 aliphatic rings. The molecule has 0 fully saturated rings. The van der Waals surface area contributed by atoms with E-state index in [0.717, 1.165) is 22.3 Å². The number of fused-ring (bicyclic) bond motifs is 1. The van der Waals surface area contributed by atoms with Crippen molar-refractivity contribution in [2.24, 2.45) is 5.73 Å². The van der Waals surface area contributed by atoms with Crippen LogP contribution in [0.15, 0.2) is 60.2 Å². The third-order valence-corrected chi connectivity index (χ3v) is 3.86. The molecule has 2 nitrogen and oxygen atoms in total. The minimum absolute atomic E-state index is 0.287. The smallest absolute Gasteiger partial charge is 0.221 e. The van der Waals surface area contributed by atoms with Gasteiger partial charge in [0.05, 0.1) is 6.42 Å². The molecule has 0 aliphatic heterocycles. The minimum atomic E-state index is -0.292. The molecule has 3 rings (SSSR count). The van der Waals surface area contributed by atoms with E-state index in [2.05, 4.69) is 37.3 Å². The maximum absolute atomic E-state index is 11.3. The first-order valence-electron chi connectivity index (χ1n) is 7.02. The van der Waals surface area contributed by atoms with Crippen molar-refractivity contribution in [1.29, 1.82) is 0 Å². The monoisotopic (exact) mass is 275 g/mol. The van der Waals surface area contributed by atoms with Gasteiger partial charge in [0.2, 0.25) is 5.91 Å². The first kappa shape index (κ1) is 13.4. The van der Waals surface area contributed by atoms with E-state index in [1.54, 1.807) is 0 Å². The highest BCUT2D eigenvalue weighted by Gasteiger charge is 2.23. The Labute approximate surface area is 124 Å². The van der Waals surface area contributed by atoms with Crippen LogP contribution in [0.1, 0.15) is 30.0 Å². The second-order valence-electron chi connectivity index (χ2n) is 5.26. The minimum Gasteiger partial charge on any atom is -0.369 e. The van der Waals surface area contributed by atoms with Crippen LogP contribution in [0, 0.1) is 0 Å². The number of hydrogen-bond donors (Lipinski definition) is 1. The molecule has 2 aromatic carbocycles. The summed E-state index contributed by atoms with van der Waals surface area (Å²) in [4.78, 5) is 11.3. The summed E-state index contributed by atoms with van der Waals surface area (Å²) in [5, 5.41) is 0. The second-order valence-corrected chi connectivity index (χ2v) is 5.26. The Balaban J connectivity index is 2.15. The van der Waals surface area contributed by atoms with Crippen LogP contribution in [0.3, 0.4) is 0 Å². The lowest BCUT2D eigenvalue weighted by Gasteiger charge is -2.03. The quantitative estimate of drug-likeness (QED) is 0.907. The second kappa shape index (κ2) is 5.41. The van der Waals surface area contributed by atoms with E-state index >= 15 is 0 Å². The van der Waals surface area contributed by atoms with Gasteiger partial charge in [-0.05, 0) is 46.4 Å². The summed E-state index contributed by atoms with van der Waals surface area (Å²) < 4.78 is 0. The average Bonchev–Trinajstić information content (AvgIpc) is 2.74. The summed E-state index contributed by atoms with van der Waals surface area (Å²) in [6, 6.07) is 18.4. The summed E-state index contributed by atoms with van der Waals surface area (Å²) in [6.45, 7) is 2.06.